The summed E-state index contributed by atoms with van der Waals surface area (Å²) in [6, 6.07) is 3.88. The number of carbonyl (C=O) groups excluding carboxylic acids is 2. The van der Waals surface area contributed by atoms with E-state index < -0.39 is 14.2 Å². The first-order valence-electron chi connectivity index (χ1n) is 6.50. The topological polar surface area (TPSA) is 165 Å². The highest BCUT2D eigenvalue weighted by Gasteiger charge is 2.23. The van der Waals surface area contributed by atoms with Crippen molar-refractivity contribution in [3.8, 4) is 0 Å². The second-order valence-corrected chi connectivity index (χ2v) is 4.56. The van der Waals surface area contributed by atoms with Crippen molar-refractivity contribution in [1.82, 2.24) is 5.43 Å². The Labute approximate surface area is 127 Å². The second-order valence-electron chi connectivity index (χ2n) is 4.56. The third-order valence-electron chi connectivity index (χ3n) is 2.90. The summed E-state index contributed by atoms with van der Waals surface area (Å²) in [5.41, 5.74) is 2.01. The van der Waals surface area contributed by atoms with Crippen molar-refractivity contribution in [2.24, 2.45) is 5.84 Å². The van der Waals surface area contributed by atoms with Gasteiger partial charge in [0.25, 0.3) is 0 Å². The highest BCUT2D eigenvalue weighted by atomic mass is 16.4. The summed E-state index contributed by atoms with van der Waals surface area (Å²) in [6.07, 6.45) is 0.493. The maximum absolute atomic E-state index is 11.7. The maximum Gasteiger partial charge on any atom is 0.488 e. The molecule has 1 aromatic rings. The first-order chi connectivity index (χ1) is 10.3. The first-order valence-corrected chi connectivity index (χ1v) is 6.50. The average molecular weight is 309 g/mol. The van der Waals surface area contributed by atoms with Gasteiger partial charge in [0, 0.05) is 18.5 Å². The molecule has 8 N–H and O–H groups in total. The lowest BCUT2D eigenvalue weighted by molar-refractivity contribution is -0.121. The van der Waals surface area contributed by atoms with Gasteiger partial charge in [0.1, 0.15) is 0 Å². The first kappa shape index (κ1) is 18.1. The Morgan fingerprint density at radius 2 is 1.59 bits per heavy atom. The molecule has 118 valence electrons. The molecule has 2 amide bonds. The number of carbonyl (C=O) groups is 2. The van der Waals surface area contributed by atoms with Crippen LogP contribution in [0.5, 0.6) is 0 Å². The van der Waals surface area contributed by atoms with Crippen LogP contribution in [0.2, 0.25) is 0 Å². The quantitative estimate of drug-likeness (QED) is 0.117. The fourth-order valence-corrected chi connectivity index (χ4v) is 1.82. The third kappa shape index (κ3) is 5.47. The molecule has 0 atom stereocenters. The number of nitrogens with two attached hydrogens (primary N) is 1. The Kier molecular flexibility index (Phi) is 7.02. The molecule has 22 heavy (non-hydrogen) atoms. The fraction of sp³-hybridized carbons (Fsp3) is 0.273. The molecule has 1 rings (SSSR count). The molecular formula is C11H17B2N3O6. The van der Waals surface area contributed by atoms with E-state index >= 15 is 0 Å². The van der Waals surface area contributed by atoms with Crippen LogP contribution >= 0.6 is 0 Å². The molecule has 0 saturated carbocycles. The summed E-state index contributed by atoms with van der Waals surface area (Å²) in [5.74, 6) is 4.16. The van der Waals surface area contributed by atoms with Crippen molar-refractivity contribution in [1.29, 1.82) is 0 Å². The smallest absolute Gasteiger partial charge is 0.423 e. The monoisotopic (exact) mass is 309 g/mol. The zero-order chi connectivity index (χ0) is 16.7. The molecule has 0 aliphatic carbocycles. The van der Waals surface area contributed by atoms with Crippen molar-refractivity contribution in [3.05, 3.63) is 18.2 Å². The molecule has 0 bridgehead atoms. The molecule has 0 unspecified atom stereocenters. The van der Waals surface area contributed by atoms with Crippen molar-refractivity contribution in [2.75, 3.05) is 5.32 Å². The summed E-state index contributed by atoms with van der Waals surface area (Å²) in [5, 5.41) is 39.2. The van der Waals surface area contributed by atoms with Crippen LogP contribution < -0.4 is 27.5 Å². The molecule has 0 spiro atoms. The molecule has 0 aliphatic heterocycles. The minimum atomic E-state index is -1.91. The van der Waals surface area contributed by atoms with Gasteiger partial charge in [-0.1, -0.05) is 6.07 Å². The zero-order valence-electron chi connectivity index (χ0n) is 11.7. The van der Waals surface area contributed by atoms with Gasteiger partial charge in [-0.15, -0.1) is 0 Å². The predicted molar refractivity (Wildman–Crippen MR) is 80.9 cm³/mol. The van der Waals surface area contributed by atoms with Gasteiger partial charge >= 0.3 is 14.2 Å². The van der Waals surface area contributed by atoms with E-state index in [2.05, 4.69) is 5.32 Å². The second kappa shape index (κ2) is 8.51. The van der Waals surface area contributed by atoms with Crippen molar-refractivity contribution < 1.29 is 29.7 Å². The van der Waals surface area contributed by atoms with E-state index in [9.17, 15) is 19.6 Å². The highest BCUT2D eigenvalue weighted by Crippen LogP contribution is 2.06. The normalized spacial score (nSPS) is 10.0. The maximum atomic E-state index is 11.7. The van der Waals surface area contributed by atoms with Gasteiger partial charge in [-0.2, -0.15) is 0 Å². The van der Waals surface area contributed by atoms with Gasteiger partial charge in [0.2, 0.25) is 11.8 Å². The Balaban J connectivity index is 2.67. The molecule has 9 nitrogen and oxygen atoms in total. The van der Waals surface area contributed by atoms with Crippen LogP contribution in [0.4, 0.5) is 5.69 Å². The lowest BCUT2D eigenvalue weighted by Gasteiger charge is -2.11. The van der Waals surface area contributed by atoms with E-state index in [0.717, 1.165) is 0 Å². The molecule has 0 saturated heterocycles. The van der Waals surface area contributed by atoms with Crippen LogP contribution in [0.15, 0.2) is 18.2 Å². The van der Waals surface area contributed by atoms with E-state index in [1.54, 1.807) is 0 Å². The van der Waals surface area contributed by atoms with E-state index in [1.807, 2.05) is 5.43 Å². The summed E-state index contributed by atoms with van der Waals surface area (Å²) in [4.78, 5) is 22.6. The summed E-state index contributed by atoms with van der Waals surface area (Å²) in [6.45, 7) is 0. The van der Waals surface area contributed by atoms with Crippen molar-refractivity contribution in [3.63, 3.8) is 0 Å². The fourth-order valence-electron chi connectivity index (χ4n) is 1.82. The molecule has 0 fully saturated rings. The largest absolute Gasteiger partial charge is 0.488 e. The van der Waals surface area contributed by atoms with Crippen LogP contribution in [0, 0.1) is 0 Å². The Morgan fingerprint density at radius 3 is 2.14 bits per heavy atom. The standard InChI is InChI=1S/C11H17B2N3O6/c14-16-11(18)3-1-2-10(17)15-7-4-5-8(12(19)20)9(6-7)13(21)22/h4-6,19-22H,1-3,14H2,(H,15,17)(H,16,18). The number of hydrogen-bond donors (Lipinski definition) is 7. The zero-order valence-corrected chi connectivity index (χ0v) is 11.7. The lowest BCUT2D eigenvalue weighted by Crippen LogP contribution is -2.49. The molecule has 0 aromatic heterocycles. The minimum Gasteiger partial charge on any atom is -0.423 e. The minimum absolute atomic E-state index is 0.0763. The van der Waals surface area contributed by atoms with Gasteiger partial charge in [0.15, 0.2) is 0 Å². The number of anilines is 1. The van der Waals surface area contributed by atoms with Gasteiger partial charge in [0.05, 0.1) is 0 Å². The van der Waals surface area contributed by atoms with E-state index in [-0.39, 0.29) is 41.3 Å². The molecule has 0 aliphatic rings. The lowest BCUT2D eigenvalue weighted by atomic mass is 9.65. The SMILES string of the molecule is NNC(=O)CCCC(=O)Nc1ccc(B(O)O)c(B(O)O)c1. The van der Waals surface area contributed by atoms with Crippen LogP contribution in [0.3, 0.4) is 0 Å². The summed E-state index contributed by atoms with van der Waals surface area (Å²) < 4.78 is 0. The number of hydrogen-bond acceptors (Lipinski definition) is 7. The summed E-state index contributed by atoms with van der Waals surface area (Å²) >= 11 is 0. The molecule has 11 heteroatoms. The molecule has 1 aromatic carbocycles. The van der Waals surface area contributed by atoms with E-state index in [1.165, 1.54) is 18.2 Å². The van der Waals surface area contributed by atoms with Crippen molar-refractivity contribution >= 4 is 42.7 Å². The highest BCUT2D eigenvalue weighted by molar-refractivity contribution is 6.71. The average Bonchev–Trinajstić information content (AvgIpc) is 2.46. The number of rotatable bonds is 7. The van der Waals surface area contributed by atoms with Crippen LogP contribution in [0.1, 0.15) is 19.3 Å². The number of benzene rings is 1. The molecule has 0 heterocycles. The van der Waals surface area contributed by atoms with Gasteiger partial charge in [-0.3, -0.25) is 15.0 Å². The Morgan fingerprint density at radius 1 is 1.00 bits per heavy atom. The summed E-state index contributed by atoms with van der Waals surface area (Å²) in [7, 11) is -3.78. The predicted octanol–water partition coefficient (Wildman–Crippen LogP) is -3.86. The van der Waals surface area contributed by atoms with Crippen LogP contribution in [-0.4, -0.2) is 46.1 Å². The Hall–Kier alpha value is -1.91. The molecule has 0 radical (unpaired) electrons. The number of amides is 2. The van der Waals surface area contributed by atoms with E-state index in [4.69, 9.17) is 15.9 Å². The number of nitrogens with one attached hydrogen (secondary N) is 2. The third-order valence-corrected chi connectivity index (χ3v) is 2.90. The van der Waals surface area contributed by atoms with Crippen LogP contribution in [-0.2, 0) is 9.59 Å². The van der Waals surface area contributed by atoms with Crippen LogP contribution in [0.25, 0.3) is 0 Å². The van der Waals surface area contributed by atoms with E-state index in [0.29, 0.717) is 6.42 Å². The Bertz CT molecular complexity index is 541. The van der Waals surface area contributed by atoms with Crippen molar-refractivity contribution in [2.45, 2.75) is 19.3 Å². The van der Waals surface area contributed by atoms with Gasteiger partial charge in [-0.25, -0.2) is 5.84 Å². The molecular weight excluding hydrogens is 292 g/mol. The van der Waals surface area contributed by atoms with Gasteiger partial charge < -0.3 is 25.4 Å². The number of hydrazine groups is 1. The van der Waals surface area contributed by atoms with Gasteiger partial charge in [-0.05, 0) is 29.5 Å².